The van der Waals surface area contributed by atoms with Crippen LogP contribution in [0.2, 0.25) is 0 Å². The second-order valence-corrected chi connectivity index (χ2v) is 6.82. The lowest BCUT2D eigenvalue weighted by atomic mass is 9.94. The lowest BCUT2D eigenvalue weighted by Gasteiger charge is -2.23. The molecule has 0 radical (unpaired) electrons. The molecule has 0 saturated heterocycles. The third-order valence-electron chi connectivity index (χ3n) is 4.54. The topological polar surface area (TPSA) is 75.2 Å². The van der Waals surface area contributed by atoms with Crippen LogP contribution in [0.3, 0.4) is 0 Å². The first kappa shape index (κ1) is 21.0. The SMILES string of the molecule is CCOCCCNC(=NCC(=O)N(C)C)NC(C)C1COc2ccccc21. The van der Waals surface area contributed by atoms with Gasteiger partial charge in [-0.3, -0.25) is 4.79 Å². The molecule has 1 aromatic rings. The van der Waals surface area contributed by atoms with Crippen LogP contribution >= 0.6 is 0 Å². The zero-order valence-corrected chi connectivity index (χ0v) is 16.8. The van der Waals surface area contributed by atoms with Gasteiger partial charge < -0.3 is 25.0 Å². The number of para-hydroxylation sites is 1. The van der Waals surface area contributed by atoms with Gasteiger partial charge in [-0.05, 0) is 26.3 Å². The summed E-state index contributed by atoms with van der Waals surface area (Å²) in [5.74, 6) is 1.79. The molecule has 0 aliphatic carbocycles. The van der Waals surface area contributed by atoms with Gasteiger partial charge in [0, 0.05) is 51.4 Å². The first-order chi connectivity index (χ1) is 13.0. The molecule has 0 fully saturated rings. The molecule has 1 heterocycles. The number of rotatable bonds is 9. The van der Waals surface area contributed by atoms with Crippen molar-refractivity contribution in [2.45, 2.75) is 32.2 Å². The molecule has 1 aromatic carbocycles. The van der Waals surface area contributed by atoms with Gasteiger partial charge in [0.1, 0.15) is 12.3 Å². The maximum Gasteiger partial charge on any atom is 0.243 e. The molecule has 2 N–H and O–H groups in total. The molecule has 2 rings (SSSR count). The number of benzene rings is 1. The van der Waals surface area contributed by atoms with E-state index in [4.69, 9.17) is 9.47 Å². The molecule has 2 atom stereocenters. The highest BCUT2D eigenvalue weighted by molar-refractivity contribution is 5.85. The molecule has 150 valence electrons. The summed E-state index contributed by atoms with van der Waals surface area (Å²) in [6.07, 6.45) is 0.875. The van der Waals surface area contributed by atoms with Crippen molar-refractivity contribution in [2.24, 2.45) is 4.99 Å². The maximum absolute atomic E-state index is 11.9. The van der Waals surface area contributed by atoms with Crippen LogP contribution in [0.1, 0.15) is 31.7 Å². The van der Waals surface area contributed by atoms with Crippen LogP contribution in [0.5, 0.6) is 5.75 Å². The maximum atomic E-state index is 11.9. The van der Waals surface area contributed by atoms with Crippen molar-refractivity contribution in [2.75, 3.05) is 47.0 Å². The molecule has 1 aliphatic heterocycles. The largest absolute Gasteiger partial charge is 0.493 e. The van der Waals surface area contributed by atoms with Gasteiger partial charge >= 0.3 is 0 Å². The van der Waals surface area contributed by atoms with Crippen molar-refractivity contribution < 1.29 is 14.3 Å². The minimum atomic E-state index is -0.0346. The molecule has 7 heteroatoms. The van der Waals surface area contributed by atoms with E-state index in [1.54, 1.807) is 19.0 Å². The van der Waals surface area contributed by atoms with E-state index in [0.29, 0.717) is 25.8 Å². The fourth-order valence-electron chi connectivity index (χ4n) is 2.88. The molecule has 0 spiro atoms. The average Bonchev–Trinajstić information content (AvgIpc) is 3.09. The summed E-state index contributed by atoms with van der Waals surface area (Å²) in [5.41, 5.74) is 1.21. The molecular weight excluding hydrogens is 344 g/mol. The third-order valence-corrected chi connectivity index (χ3v) is 4.54. The van der Waals surface area contributed by atoms with Crippen LogP contribution in [0.4, 0.5) is 0 Å². The van der Waals surface area contributed by atoms with Gasteiger partial charge in [-0.2, -0.15) is 0 Å². The second kappa shape index (κ2) is 10.8. The highest BCUT2D eigenvalue weighted by Gasteiger charge is 2.29. The number of aliphatic imine (C=N–C) groups is 1. The van der Waals surface area contributed by atoms with Crippen LogP contribution in [-0.4, -0.2) is 69.8 Å². The van der Waals surface area contributed by atoms with Gasteiger partial charge in [0.25, 0.3) is 0 Å². The van der Waals surface area contributed by atoms with E-state index in [2.05, 4.69) is 28.6 Å². The number of likely N-dealkylation sites (N-methyl/N-ethyl adjacent to an activating group) is 1. The smallest absolute Gasteiger partial charge is 0.243 e. The number of carbonyl (C=O) groups excluding carboxylic acids is 1. The Morgan fingerprint density at radius 3 is 2.93 bits per heavy atom. The monoisotopic (exact) mass is 376 g/mol. The van der Waals surface area contributed by atoms with E-state index < -0.39 is 0 Å². The van der Waals surface area contributed by atoms with Crippen LogP contribution < -0.4 is 15.4 Å². The molecular formula is C20H32N4O3. The number of amides is 1. The molecule has 1 amide bonds. The van der Waals surface area contributed by atoms with E-state index in [0.717, 1.165) is 18.7 Å². The fourth-order valence-corrected chi connectivity index (χ4v) is 2.88. The molecule has 27 heavy (non-hydrogen) atoms. The minimum Gasteiger partial charge on any atom is -0.493 e. The number of ether oxygens (including phenoxy) is 2. The zero-order valence-electron chi connectivity index (χ0n) is 16.8. The average molecular weight is 377 g/mol. The lowest BCUT2D eigenvalue weighted by Crippen LogP contribution is -2.46. The van der Waals surface area contributed by atoms with Crippen LogP contribution in [-0.2, 0) is 9.53 Å². The van der Waals surface area contributed by atoms with Crippen molar-refractivity contribution in [3.63, 3.8) is 0 Å². The van der Waals surface area contributed by atoms with Gasteiger partial charge in [0.15, 0.2) is 5.96 Å². The highest BCUT2D eigenvalue weighted by Crippen LogP contribution is 2.35. The molecule has 1 aliphatic rings. The van der Waals surface area contributed by atoms with Crippen LogP contribution in [0.15, 0.2) is 29.3 Å². The summed E-state index contributed by atoms with van der Waals surface area (Å²) < 4.78 is 11.2. The Morgan fingerprint density at radius 2 is 2.19 bits per heavy atom. The summed E-state index contributed by atoms with van der Waals surface area (Å²) in [6.45, 7) is 6.99. The number of nitrogens with one attached hydrogen (secondary N) is 2. The number of carbonyl (C=O) groups is 1. The molecule has 7 nitrogen and oxygen atoms in total. The van der Waals surface area contributed by atoms with E-state index >= 15 is 0 Å². The number of guanidine groups is 1. The van der Waals surface area contributed by atoms with Gasteiger partial charge in [0.05, 0.1) is 6.61 Å². The van der Waals surface area contributed by atoms with Gasteiger partial charge in [0.2, 0.25) is 5.91 Å². The number of fused-ring (bicyclic) bond motifs is 1. The summed E-state index contributed by atoms with van der Waals surface area (Å²) in [7, 11) is 3.46. The Hall–Kier alpha value is -2.28. The Bertz CT molecular complexity index is 633. The summed E-state index contributed by atoms with van der Waals surface area (Å²) in [6, 6.07) is 8.23. The zero-order chi connectivity index (χ0) is 19.6. The van der Waals surface area contributed by atoms with Gasteiger partial charge in [-0.25, -0.2) is 4.99 Å². The summed E-state index contributed by atoms with van der Waals surface area (Å²) in [4.78, 5) is 17.9. The van der Waals surface area contributed by atoms with Crippen molar-refractivity contribution in [3.05, 3.63) is 29.8 Å². The van der Waals surface area contributed by atoms with Crippen molar-refractivity contribution in [3.8, 4) is 5.75 Å². The Kier molecular flexibility index (Phi) is 8.39. The molecule has 0 saturated carbocycles. The van der Waals surface area contributed by atoms with E-state index in [1.807, 2.05) is 25.1 Å². The van der Waals surface area contributed by atoms with Gasteiger partial charge in [-0.15, -0.1) is 0 Å². The van der Waals surface area contributed by atoms with Crippen molar-refractivity contribution >= 4 is 11.9 Å². The third kappa shape index (κ3) is 6.43. The predicted octanol–water partition coefficient (Wildman–Crippen LogP) is 1.60. The van der Waals surface area contributed by atoms with Gasteiger partial charge in [-0.1, -0.05) is 18.2 Å². The minimum absolute atomic E-state index is 0.0346. The van der Waals surface area contributed by atoms with Crippen LogP contribution in [0, 0.1) is 0 Å². The molecule has 2 unspecified atom stereocenters. The van der Waals surface area contributed by atoms with Crippen molar-refractivity contribution in [1.29, 1.82) is 0 Å². The normalized spacial score (nSPS) is 17.0. The Morgan fingerprint density at radius 1 is 1.41 bits per heavy atom. The number of hydrogen-bond donors (Lipinski definition) is 2. The van der Waals surface area contributed by atoms with Crippen LogP contribution in [0.25, 0.3) is 0 Å². The number of hydrogen-bond acceptors (Lipinski definition) is 4. The standard InChI is InChI=1S/C20H32N4O3/c1-5-26-12-8-11-21-20(22-13-19(25)24(3)4)23-15(2)17-14-27-18-10-7-6-9-16(17)18/h6-7,9-10,15,17H,5,8,11-14H2,1-4H3,(H2,21,22,23). The summed E-state index contributed by atoms with van der Waals surface area (Å²) in [5, 5.41) is 6.73. The first-order valence-corrected chi connectivity index (χ1v) is 9.57. The Labute approximate surface area is 162 Å². The molecule has 0 bridgehead atoms. The second-order valence-electron chi connectivity index (χ2n) is 6.82. The number of nitrogens with zero attached hydrogens (tertiary/aromatic N) is 2. The summed E-state index contributed by atoms with van der Waals surface area (Å²) >= 11 is 0. The molecule has 0 aromatic heterocycles. The quantitative estimate of drug-likeness (QED) is 0.389. The van der Waals surface area contributed by atoms with E-state index in [9.17, 15) is 4.79 Å². The highest BCUT2D eigenvalue weighted by atomic mass is 16.5. The fraction of sp³-hybridized carbons (Fsp3) is 0.600. The Balaban J connectivity index is 1.97. The van der Waals surface area contributed by atoms with E-state index in [1.165, 1.54) is 5.56 Å². The lowest BCUT2D eigenvalue weighted by molar-refractivity contribution is -0.127. The first-order valence-electron chi connectivity index (χ1n) is 9.57. The van der Waals surface area contributed by atoms with E-state index in [-0.39, 0.29) is 24.4 Å². The predicted molar refractivity (Wildman–Crippen MR) is 107 cm³/mol. The van der Waals surface area contributed by atoms with Crippen molar-refractivity contribution in [1.82, 2.24) is 15.5 Å².